The van der Waals surface area contributed by atoms with Crippen molar-refractivity contribution in [2.24, 2.45) is 0 Å². The van der Waals surface area contributed by atoms with Crippen LogP contribution in [0.25, 0.3) is 17.2 Å². The van der Waals surface area contributed by atoms with Crippen LogP contribution in [0.5, 0.6) is 11.6 Å². The molecule has 2 aromatic carbocycles. The number of benzene rings is 2. The highest BCUT2D eigenvalue weighted by Crippen LogP contribution is 2.31. The molecule has 0 aliphatic carbocycles. The van der Waals surface area contributed by atoms with Crippen LogP contribution in [0.3, 0.4) is 0 Å². The van der Waals surface area contributed by atoms with Gasteiger partial charge in [0.15, 0.2) is 11.6 Å². The largest absolute Gasteiger partial charge is 0.465 e. The van der Waals surface area contributed by atoms with Crippen molar-refractivity contribution in [1.82, 2.24) is 4.98 Å². The predicted octanol–water partition coefficient (Wildman–Crippen LogP) is 5.88. The molecule has 0 unspecified atom stereocenters. The standard InChI is InChI=1S/C22H18F2N2O3/c1-4-20-18(23)12-19(24)21(25-20)29-17-9-13(2)8-15(11-17)14-6-5-7-16(10-14)26(3)22(27)28/h4-12H,1H2,2-3H3,(H,27,28). The van der Waals surface area contributed by atoms with Crippen molar-refractivity contribution in [2.75, 3.05) is 11.9 Å². The van der Waals surface area contributed by atoms with Crippen molar-refractivity contribution in [3.05, 3.63) is 78.0 Å². The van der Waals surface area contributed by atoms with Crippen LogP contribution in [0.2, 0.25) is 0 Å². The Hall–Kier alpha value is -3.74. The van der Waals surface area contributed by atoms with Crippen molar-refractivity contribution in [3.8, 4) is 22.8 Å². The summed E-state index contributed by atoms with van der Waals surface area (Å²) in [6.07, 6.45) is 0.0969. The molecule has 1 N–H and O–H groups in total. The van der Waals surface area contributed by atoms with Crippen LogP contribution >= 0.6 is 0 Å². The number of hydrogen-bond donors (Lipinski definition) is 1. The van der Waals surface area contributed by atoms with Crippen LogP contribution in [0.1, 0.15) is 11.3 Å². The fourth-order valence-corrected chi connectivity index (χ4v) is 2.77. The Labute approximate surface area is 166 Å². The Morgan fingerprint density at radius 3 is 2.59 bits per heavy atom. The highest BCUT2D eigenvalue weighted by molar-refractivity contribution is 5.86. The van der Waals surface area contributed by atoms with E-state index in [4.69, 9.17) is 9.84 Å². The van der Waals surface area contributed by atoms with E-state index in [-0.39, 0.29) is 11.6 Å². The second-order valence-electron chi connectivity index (χ2n) is 6.38. The van der Waals surface area contributed by atoms with Crippen LogP contribution in [-0.2, 0) is 0 Å². The lowest BCUT2D eigenvalue weighted by Gasteiger charge is -2.15. The van der Waals surface area contributed by atoms with Crippen LogP contribution in [0.15, 0.2) is 55.1 Å². The molecule has 0 fully saturated rings. The van der Waals surface area contributed by atoms with Gasteiger partial charge in [0.2, 0.25) is 0 Å². The molecule has 148 valence electrons. The van der Waals surface area contributed by atoms with Crippen LogP contribution in [0.4, 0.5) is 19.3 Å². The Morgan fingerprint density at radius 1 is 1.14 bits per heavy atom. The summed E-state index contributed by atoms with van der Waals surface area (Å²) in [4.78, 5) is 16.1. The van der Waals surface area contributed by atoms with Gasteiger partial charge in [-0.1, -0.05) is 24.8 Å². The highest BCUT2D eigenvalue weighted by atomic mass is 19.1. The monoisotopic (exact) mass is 396 g/mol. The van der Waals surface area contributed by atoms with Gasteiger partial charge in [0, 0.05) is 18.8 Å². The molecule has 1 amide bonds. The number of rotatable bonds is 5. The van der Waals surface area contributed by atoms with E-state index in [0.29, 0.717) is 17.5 Å². The molecule has 0 saturated carbocycles. The van der Waals surface area contributed by atoms with Gasteiger partial charge in [-0.05, 0) is 54.0 Å². The summed E-state index contributed by atoms with van der Waals surface area (Å²) in [5.41, 5.74) is 2.72. The molecule has 0 radical (unpaired) electrons. The fourth-order valence-electron chi connectivity index (χ4n) is 2.77. The number of hydrogen-bond acceptors (Lipinski definition) is 3. The molecule has 1 heterocycles. The summed E-state index contributed by atoms with van der Waals surface area (Å²) in [6.45, 7) is 5.29. The molecular weight excluding hydrogens is 378 g/mol. The molecule has 0 aliphatic rings. The minimum absolute atomic E-state index is 0.112. The van der Waals surface area contributed by atoms with Crippen LogP contribution < -0.4 is 9.64 Å². The van der Waals surface area contributed by atoms with Gasteiger partial charge in [0.05, 0.1) is 0 Å². The zero-order valence-electron chi connectivity index (χ0n) is 15.8. The van der Waals surface area contributed by atoms with Crippen LogP contribution in [0, 0.1) is 18.6 Å². The molecule has 3 aromatic rings. The molecule has 5 nitrogen and oxygen atoms in total. The zero-order chi connectivity index (χ0) is 21.1. The number of nitrogens with zero attached hydrogens (tertiary/aromatic N) is 2. The Morgan fingerprint density at radius 2 is 1.90 bits per heavy atom. The van der Waals surface area contributed by atoms with Crippen molar-refractivity contribution in [2.45, 2.75) is 6.92 Å². The molecule has 7 heteroatoms. The van der Waals surface area contributed by atoms with Gasteiger partial charge in [-0.3, -0.25) is 4.90 Å². The summed E-state index contributed by atoms with van der Waals surface area (Å²) in [6, 6.07) is 12.9. The minimum Gasteiger partial charge on any atom is -0.465 e. The number of carbonyl (C=O) groups is 1. The molecule has 0 atom stereocenters. The van der Waals surface area contributed by atoms with Gasteiger partial charge in [0.1, 0.15) is 11.4 Å². The Kier molecular flexibility index (Phi) is 5.59. The van der Waals surface area contributed by atoms with Crippen molar-refractivity contribution < 1.29 is 23.4 Å². The number of carboxylic acid groups (broad SMARTS) is 1. The van der Waals surface area contributed by atoms with E-state index in [1.165, 1.54) is 13.1 Å². The normalized spacial score (nSPS) is 10.5. The quantitative estimate of drug-likeness (QED) is 0.585. The number of amides is 1. The van der Waals surface area contributed by atoms with Gasteiger partial charge in [-0.25, -0.2) is 18.6 Å². The minimum atomic E-state index is -1.08. The predicted molar refractivity (Wildman–Crippen MR) is 107 cm³/mol. The fraction of sp³-hybridized carbons (Fsp3) is 0.0909. The average molecular weight is 396 g/mol. The summed E-state index contributed by atoms with van der Waals surface area (Å²) in [7, 11) is 1.45. The van der Waals surface area contributed by atoms with Gasteiger partial charge >= 0.3 is 6.09 Å². The first kappa shape index (κ1) is 20.0. The summed E-state index contributed by atoms with van der Waals surface area (Å²) in [5.74, 6) is -1.81. The lowest BCUT2D eigenvalue weighted by molar-refractivity contribution is 0.203. The van der Waals surface area contributed by atoms with Crippen LogP contribution in [-0.4, -0.2) is 23.2 Å². The third-order valence-corrected chi connectivity index (χ3v) is 4.24. The molecule has 0 saturated heterocycles. The maximum Gasteiger partial charge on any atom is 0.411 e. The maximum absolute atomic E-state index is 14.1. The van der Waals surface area contributed by atoms with Gasteiger partial charge in [0.25, 0.3) is 5.88 Å². The first-order valence-electron chi connectivity index (χ1n) is 8.63. The molecule has 0 spiro atoms. The van der Waals surface area contributed by atoms with E-state index >= 15 is 0 Å². The van der Waals surface area contributed by atoms with E-state index in [0.717, 1.165) is 21.6 Å². The number of pyridine rings is 1. The number of aryl methyl sites for hydroxylation is 1. The third kappa shape index (κ3) is 4.40. The number of ether oxygens (including phenoxy) is 1. The topological polar surface area (TPSA) is 62.7 Å². The van der Waals surface area contributed by atoms with Crippen molar-refractivity contribution >= 4 is 17.9 Å². The summed E-state index contributed by atoms with van der Waals surface area (Å²) < 4.78 is 33.2. The molecule has 0 bridgehead atoms. The van der Waals surface area contributed by atoms with Gasteiger partial charge in [-0.15, -0.1) is 0 Å². The molecule has 1 aromatic heterocycles. The molecule has 0 aliphatic heterocycles. The average Bonchev–Trinajstić information content (AvgIpc) is 2.69. The van der Waals surface area contributed by atoms with Crippen molar-refractivity contribution in [1.29, 1.82) is 0 Å². The SMILES string of the molecule is C=Cc1nc(Oc2cc(C)cc(-c3cccc(N(C)C(=O)O)c3)c2)c(F)cc1F. The van der Waals surface area contributed by atoms with Gasteiger partial charge < -0.3 is 9.84 Å². The van der Waals surface area contributed by atoms with E-state index < -0.39 is 17.7 Å². The Balaban J connectivity index is 1.99. The molecular formula is C22H18F2N2O3. The third-order valence-electron chi connectivity index (χ3n) is 4.24. The maximum atomic E-state index is 14.1. The van der Waals surface area contributed by atoms with E-state index in [1.807, 2.05) is 19.1 Å². The summed E-state index contributed by atoms with van der Waals surface area (Å²) >= 11 is 0. The summed E-state index contributed by atoms with van der Waals surface area (Å²) in [5, 5.41) is 9.17. The Bertz CT molecular complexity index is 1100. The second-order valence-corrected chi connectivity index (χ2v) is 6.38. The van der Waals surface area contributed by atoms with E-state index in [2.05, 4.69) is 11.6 Å². The number of aromatic nitrogens is 1. The smallest absolute Gasteiger partial charge is 0.411 e. The first-order valence-corrected chi connectivity index (χ1v) is 8.63. The zero-order valence-corrected chi connectivity index (χ0v) is 15.8. The van der Waals surface area contributed by atoms with Gasteiger partial charge in [-0.2, -0.15) is 0 Å². The van der Waals surface area contributed by atoms with E-state index in [9.17, 15) is 13.6 Å². The van der Waals surface area contributed by atoms with E-state index in [1.54, 1.807) is 30.3 Å². The highest BCUT2D eigenvalue weighted by Gasteiger charge is 2.14. The molecule has 29 heavy (non-hydrogen) atoms. The van der Waals surface area contributed by atoms with Crippen molar-refractivity contribution in [3.63, 3.8) is 0 Å². The molecule has 3 rings (SSSR count). The first-order chi connectivity index (χ1) is 13.8. The number of anilines is 1. The lowest BCUT2D eigenvalue weighted by atomic mass is 10.0. The number of halogens is 2. The second kappa shape index (κ2) is 8.10. The lowest BCUT2D eigenvalue weighted by Crippen LogP contribution is -2.23.